The molecule has 3 nitrogen and oxygen atoms in total. The summed E-state index contributed by atoms with van der Waals surface area (Å²) in [5, 5.41) is 18.9. The van der Waals surface area contributed by atoms with Crippen molar-refractivity contribution in [2.45, 2.75) is 45.0 Å². The van der Waals surface area contributed by atoms with E-state index in [9.17, 15) is 10.2 Å². The third-order valence-electron chi connectivity index (χ3n) is 2.77. The highest BCUT2D eigenvalue weighted by Gasteiger charge is 2.18. The Hall–Kier alpha value is -0.420. The Morgan fingerprint density at radius 3 is 2.28 bits per heavy atom. The Bertz CT molecular complexity index is 335. The van der Waals surface area contributed by atoms with Gasteiger partial charge < -0.3 is 14.9 Å². The molecule has 0 saturated carbocycles. The summed E-state index contributed by atoms with van der Waals surface area (Å²) in [5.74, 6) is -0.256. The van der Waals surface area contributed by atoms with Crippen LogP contribution in [0.3, 0.4) is 0 Å². The molecule has 0 aliphatic heterocycles. The zero-order valence-electron chi connectivity index (χ0n) is 10.8. The van der Waals surface area contributed by atoms with Crippen LogP contribution >= 0.6 is 15.9 Å². The first-order chi connectivity index (χ1) is 8.50. The van der Waals surface area contributed by atoms with Gasteiger partial charge in [0.2, 0.25) is 0 Å². The van der Waals surface area contributed by atoms with Crippen LogP contribution in [-0.2, 0) is 4.74 Å². The Labute approximate surface area is 117 Å². The molecule has 0 saturated heterocycles. The van der Waals surface area contributed by atoms with Crippen LogP contribution in [-0.4, -0.2) is 29.2 Å². The van der Waals surface area contributed by atoms with E-state index < -0.39 is 6.29 Å². The lowest BCUT2D eigenvalue weighted by molar-refractivity contribution is -0.0637. The summed E-state index contributed by atoms with van der Waals surface area (Å²) in [4.78, 5) is 0. The maximum Gasteiger partial charge on any atom is 0.158 e. The zero-order chi connectivity index (χ0) is 13.5. The predicted octanol–water partition coefficient (Wildman–Crippen LogP) is 3.05. The number of aliphatic hydroxyl groups excluding tert-OH is 1. The van der Waals surface area contributed by atoms with Gasteiger partial charge in [-0.25, -0.2) is 0 Å². The molecule has 0 bridgehead atoms. The van der Waals surface area contributed by atoms with Crippen molar-refractivity contribution < 1.29 is 14.9 Å². The summed E-state index contributed by atoms with van der Waals surface area (Å²) in [6.45, 7) is 4.64. The Kier molecular flexibility index (Phi) is 6.86. The van der Waals surface area contributed by atoms with E-state index in [1.807, 2.05) is 38.1 Å². The van der Waals surface area contributed by atoms with E-state index in [1.165, 1.54) is 0 Å². The fraction of sp³-hybridized carbons (Fsp3) is 0.571. The van der Waals surface area contributed by atoms with Gasteiger partial charge in [0.15, 0.2) is 6.29 Å². The monoisotopic (exact) mass is 316 g/mol. The Balaban J connectivity index is 2.52. The maximum absolute atomic E-state index is 9.45. The average Bonchev–Trinajstić information content (AvgIpc) is 2.30. The lowest BCUT2D eigenvalue weighted by atomic mass is 9.94. The minimum absolute atomic E-state index is 0.218. The summed E-state index contributed by atoms with van der Waals surface area (Å²) in [5.41, 5.74) is 0.942. The number of ether oxygens (including phenoxy) is 1. The molecule has 0 aliphatic carbocycles. The van der Waals surface area contributed by atoms with Crippen LogP contribution in [0.15, 0.2) is 28.7 Å². The molecule has 1 aromatic carbocycles. The van der Waals surface area contributed by atoms with Gasteiger partial charge in [0.25, 0.3) is 0 Å². The van der Waals surface area contributed by atoms with E-state index in [-0.39, 0.29) is 12.0 Å². The lowest BCUT2D eigenvalue weighted by Gasteiger charge is -2.19. The van der Waals surface area contributed by atoms with Gasteiger partial charge in [-0.05, 0) is 44.4 Å². The van der Waals surface area contributed by atoms with Crippen molar-refractivity contribution in [3.63, 3.8) is 0 Å². The zero-order valence-corrected chi connectivity index (χ0v) is 12.4. The number of halogens is 1. The van der Waals surface area contributed by atoms with Gasteiger partial charge in [-0.2, -0.15) is 0 Å². The fourth-order valence-electron chi connectivity index (χ4n) is 1.82. The molecule has 1 rings (SSSR count). The number of hydrogen-bond donors (Lipinski definition) is 2. The summed E-state index contributed by atoms with van der Waals surface area (Å²) >= 11 is 3.37. The first-order valence-corrected chi connectivity index (χ1v) is 7.03. The molecule has 102 valence electrons. The molecule has 0 amide bonds. The highest BCUT2D eigenvalue weighted by Crippen LogP contribution is 2.25. The number of aliphatic hydroxyl groups is 2. The number of rotatable bonds is 7. The molecule has 1 atom stereocenters. The number of benzene rings is 1. The van der Waals surface area contributed by atoms with E-state index in [0.29, 0.717) is 13.0 Å². The standard InChI is InChI=1S/C14H21BrO3/c1-10(2)18-9-3-4-13(14(16)17)11-5-7-12(15)8-6-11/h5-8,10,13-14,16-17H,3-4,9H2,1-2H3. The van der Waals surface area contributed by atoms with Gasteiger partial charge in [0, 0.05) is 17.0 Å². The van der Waals surface area contributed by atoms with Crippen molar-refractivity contribution in [2.75, 3.05) is 6.61 Å². The van der Waals surface area contributed by atoms with Gasteiger partial charge in [-0.3, -0.25) is 0 Å². The van der Waals surface area contributed by atoms with E-state index in [2.05, 4.69) is 15.9 Å². The third-order valence-corrected chi connectivity index (χ3v) is 3.30. The fourth-order valence-corrected chi connectivity index (χ4v) is 2.08. The third kappa shape index (κ3) is 5.48. The topological polar surface area (TPSA) is 49.7 Å². The van der Waals surface area contributed by atoms with Crippen molar-refractivity contribution in [1.29, 1.82) is 0 Å². The maximum atomic E-state index is 9.45. The van der Waals surface area contributed by atoms with Crippen LogP contribution in [0.4, 0.5) is 0 Å². The van der Waals surface area contributed by atoms with Crippen molar-refractivity contribution in [3.05, 3.63) is 34.3 Å². The molecule has 0 heterocycles. The minimum atomic E-state index is -1.33. The Morgan fingerprint density at radius 1 is 1.17 bits per heavy atom. The second kappa shape index (κ2) is 7.89. The van der Waals surface area contributed by atoms with Crippen molar-refractivity contribution >= 4 is 15.9 Å². The first kappa shape index (κ1) is 15.6. The summed E-state index contributed by atoms with van der Waals surface area (Å²) in [7, 11) is 0. The van der Waals surface area contributed by atoms with E-state index in [1.54, 1.807) is 0 Å². The molecule has 18 heavy (non-hydrogen) atoms. The second-order valence-electron chi connectivity index (χ2n) is 4.63. The van der Waals surface area contributed by atoms with Crippen molar-refractivity contribution in [3.8, 4) is 0 Å². The van der Waals surface area contributed by atoms with Crippen molar-refractivity contribution in [2.24, 2.45) is 0 Å². The molecule has 2 N–H and O–H groups in total. The molecule has 0 spiro atoms. The summed E-state index contributed by atoms with van der Waals surface area (Å²) in [6.07, 6.45) is 0.406. The van der Waals surface area contributed by atoms with Gasteiger partial charge in [-0.1, -0.05) is 28.1 Å². The number of hydrogen-bond acceptors (Lipinski definition) is 3. The van der Waals surface area contributed by atoms with Gasteiger partial charge in [-0.15, -0.1) is 0 Å². The molecule has 0 radical (unpaired) electrons. The van der Waals surface area contributed by atoms with Crippen LogP contribution < -0.4 is 0 Å². The van der Waals surface area contributed by atoms with Crippen LogP contribution in [0.5, 0.6) is 0 Å². The van der Waals surface area contributed by atoms with Crippen LogP contribution in [0, 0.1) is 0 Å². The van der Waals surface area contributed by atoms with E-state index >= 15 is 0 Å². The SMILES string of the molecule is CC(C)OCCCC(c1ccc(Br)cc1)C(O)O. The Morgan fingerprint density at radius 2 is 1.78 bits per heavy atom. The predicted molar refractivity (Wildman–Crippen MR) is 75.4 cm³/mol. The molecule has 0 aliphatic rings. The van der Waals surface area contributed by atoms with Crippen LogP contribution in [0.2, 0.25) is 0 Å². The highest BCUT2D eigenvalue weighted by atomic mass is 79.9. The minimum Gasteiger partial charge on any atom is -0.379 e. The van der Waals surface area contributed by atoms with Gasteiger partial charge in [0.05, 0.1) is 6.10 Å². The quantitative estimate of drug-likeness (QED) is 0.600. The molecule has 1 unspecified atom stereocenters. The van der Waals surface area contributed by atoms with Gasteiger partial charge >= 0.3 is 0 Å². The largest absolute Gasteiger partial charge is 0.379 e. The molecule has 1 aromatic rings. The summed E-state index contributed by atoms with van der Waals surface area (Å²) in [6, 6.07) is 7.65. The summed E-state index contributed by atoms with van der Waals surface area (Å²) < 4.78 is 6.44. The smallest absolute Gasteiger partial charge is 0.158 e. The molecule has 0 aromatic heterocycles. The highest BCUT2D eigenvalue weighted by molar-refractivity contribution is 9.10. The molecule has 0 fully saturated rings. The van der Waals surface area contributed by atoms with E-state index in [0.717, 1.165) is 16.5 Å². The molecular formula is C14H21BrO3. The molecular weight excluding hydrogens is 296 g/mol. The lowest BCUT2D eigenvalue weighted by Crippen LogP contribution is -2.18. The normalized spacial score (nSPS) is 13.3. The van der Waals surface area contributed by atoms with Crippen molar-refractivity contribution in [1.82, 2.24) is 0 Å². The van der Waals surface area contributed by atoms with E-state index in [4.69, 9.17) is 4.74 Å². The van der Waals surface area contributed by atoms with Gasteiger partial charge in [0.1, 0.15) is 0 Å². The second-order valence-corrected chi connectivity index (χ2v) is 5.55. The van der Waals surface area contributed by atoms with Crippen LogP contribution in [0.25, 0.3) is 0 Å². The molecule has 4 heteroatoms. The average molecular weight is 317 g/mol. The first-order valence-electron chi connectivity index (χ1n) is 6.24. The van der Waals surface area contributed by atoms with Crippen LogP contribution in [0.1, 0.15) is 38.2 Å².